The van der Waals surface area contributed by atoms with Crippen molar-refractivity contribution in [3.8, 4) is 22.8 Å². The van der Waals surface area contributed by atoms with Gasteiger partial charge in [-0.05, 0) is 75.1 Å². The van der Waals surface area contributed by atoms with Crippen LogP contribution < -0.4 is 14.4 Å². The minimum absolute atomic E-state index is 0.0815. The average Bonchev–Trinajstić information content (AvgIpc) is 3.39. The lowest BCUT2D eigenvalue weighted by atomic mass is 10.1. The molecule has 1 fully saturated rings. The van der Waals surface area contributed by atoms with Crippen LogP contribution in [-0.2, 0) is 6.54 Å². The van der Waals surface area contributed by atoms with Crippen LogP contribution in [0.2, 0.25) is 0 Å². The van der Waals surface area contributed by atoms with Crippen molar-refractivity contribution in [2.75, 3.05) is 31.3 Å². The number of halogens is 1. The first-order valence-electron chi connectivity index (χ1n) is 11.8. The Hall–Kier alpha value is -3.55. The van der Waals surface area contributed by atoms with E-state index in [2.05, 4.69) is 10.1 Å². The number of rotatable bonds is 9. The third kappa shape index (κ3) is 4.44. The second-order valence-corrected chi connectivity index (χ2v) is 8.69. The zero-order valence-corrected chi connectivity index (χ0v) is 19.4. The van der Waals surface area contributed by atoms with Gasteiger partial charge in [-0.25, -0.2) is 4.39 Å². The van der Waals surface area contributed by atoms with Crippen molar-refractivity contribution >= 4 is 11.8 Å². The predicted molar refractivity (Wildman–Crippen MR) is 125 cm³/mol. The summed E-state index contributed by atoms with van der Waals surface area (Å²) in [5.41, 5.74) is 2.75. The fourth-order valence-corrected chi connectivity index (χ4v) is 4.27. The van der Waals surface area contributed by atoms with Gasteiger partial charge in [0, 0.05) is 30.8 Å². The van der Waals surface area contributed by atoms with Crippen LogP contribution in [0.5, 0.6) is 11.5 Å². The van der Waals surface area contributed by atoms with Gasteiger partial charge >= 0.3 is 0 Å². The molecule has 2 heterocycles. The van der Waals surface area contributed by atoms with Gasteiger partial charge in [-0.1, -0.05) is 5.16 Å². The summed E-state index contributed by atoms with van der Waals surface area (Å²) in [7, 11) is 0. The van der Waals surface area contributed by atoms with Gasteiger partial charge in [0.2, 0.25) is 12.7 Å². The van der Waals surface area contributed by atoms with Crippen molar-refractivity contribution in [3.63, 3.8) is 0 Å². The molecule has 5 rings (SSSR count). The van der Waals surface area contributed by atoms with Crippen molar-refractivity contribution in [2.24, 2.45) is 5.92 Å². The number of carbonyl (C=O) groups is 1. The van der Waals surface area contributed by atoms with E-state index in [1.807, 2.05) is 18.7 Å². The molecule has 8 heteroatoms. The first kappa shape index (κ1) is 22.3. The summed E-state index contributed by atoms with van der Waals surface area (Å²) < 4.78 is 30.2. The molecule has 0 spiro atoms. The highest BCUT2D eigenvalue weighted by atomic mass is 19.1. The lowest BCUT2D eigenvalue weighted by molar-refractivity contribution is 0.0734. The van der Waals surface area contributed by atoms with Crippen LogP contribution in [0.1, 0.15) is 42.6 Å². The van der Waals surface area contributed by atoms with Crippen molar-refractivity contribution in [1.82, 2.24) is 10.1 Å². The smallest absolute Gasteiger partial charge is 0.254 e. The third-order valence-electron chi connectivity index (χ3n) is 6.37. The monoisotopic (exact) mass is 465 g/mol. The summed E-state index contributed by atoms with van der Waals surface area (Å²) in [4.78, 5) is 17.6. The maximum atomic E-state index is 13.7. The van der Waals surface area contributed by atoms with E-state index in [-0.39, 0.29) is 18.5 Å². The summed E-state index contributed by atoms with van der Waals surface area (Å²) in [5, 5.41) is 4.35. The quantitative estimate of drug-likeness (QED) is 0.438. The largest absolute Gasteiger partial charge is 0.454 e. The lowest BCUT2D eigenvalue weighted by Gasteiger charge is -2.25. The lowest BCUT2D eigenvalue weighted by Crippen LogP contribution is -2.33. The van der Waals surface area contributed by atoms with Gasteiger partial charge in [0.1, 0.15) is 11.5 Å². The Bertz CT molecular complexity index is 1170. The van der Waals surface area contributed by atoms with E-state index in [0.717, 1.165) is 37.1 Å². The summed E-state index contributed by atoms with van der Waals surface area (Å²) in [6, 6.07) is 11.5. The minimum Gasteiger partial charge on any atom is -0.454 e. The fraction of sp³-hybridized carbons (Fsp3) is 0.385. The van der Waals surface area contributed by atoms with E-state index < -0.39 is 0 Å². The van der Waals surface area contributed by atoms with E-state index in [1.165, 1.54) is 12.1 Å². The summed E-state index contributed by atoms with van der Waals surface area (Å²) in [6.07, 6.45) is 2.23. The van der Waals surface area contributed by atoms with E-state index in [0.29, 0.717) is 47.6 Å². The Morgan fingerprint density at radius 1 is 1.06 bits per heavy atom. The molecular formula is C26H28FN3O4. The molecule has 1 aliphatic heterocycles. The predicted octanol–water partition coefficient (Wildman–Crippen LogP) is 5.11. The summed E-state index contributed by atoms with van der Waals surface area (Å²) in [5.74, 6) is 1.96. The molecule has 0 unspecified atom stereocenters. The minimum atomic E-state index is -0.314. The van der Waals surface area contributed by atoms with Gasteiger partial charge in [0.15, 0.2) is 11.5 Å². The SMILES string of the molecule is CCN(CC)c1onc(-c2ccc(F)cc2)c1CN(CC1CC1)C(=O)c1ccc2c(c1)OCO2. The fourth-order valence-electron chi connectivity index (χ4n) is 4.27. The normalized spacial score (nSPS) is 14.3. The third-order valence-corrected chi connectivity index (χ3v) is 6.37. The molecule has 0 N–H and O–H groups in total. The van der Waals surface area contributed by atoms with E-state index in [9.17, 15) is 9.18 Å². The Kier molecular flexibility index (Phi) is 6.13. The van der Waals surface area contributed by atoms with Gasteiger partial charge in [-0.15, -0.1) is 0 Å². The van der Waals surface area contributed by atoms with Gasteiger partial charge in [-0.3, -0.25) is 4.79 Å². The Labute approximate surface area is 198 Å². The molecule has 0 radical (unpaired) electrons. The molecule has 0 atom stereocenters. The van der Waals surface area contributed by atoms with E-state index >= 15 is 0 Å². The second kappa shape index (κ2) is 9.37. The van der Waals surface area contributed by atoms with Gasteiger partial charge in [0.05, 0.1) is 12.1 Å². The van der Waals surface area contributed by atoms with Crippen LogP contribution in [0.15, 0.2) is 47.0 Å². The number of amides is 1. The molecule has 2 aliphatic rings. The molecule has 1 saturated carbocycles. The van der Waals surface area contributed by atoms with Gasteiger partial charge in [0.25, 0.3) is 5.91 Å². The molecular weight excluding hydrogens is 437 g/mol. The van der Waals surface area contributed by atoms with Crippen molar-refractivity contribution < 1.29 is 23.2 Å². The van der Waals surface area contributed by atoms with Gasteiger partial charge < -0.3 is 23.8 Å². The zero-order chi connectivity index (χ0) is 23.7. The molecule has 178 valence electrons. The maximum absolute atomic E-state index is 13.7. The Morgan fingerprint density at radius 3 is 2.50 bits per heavy atom. The number of benzene rings is 2. The number of aromatic nitrogens is 1. The summed E-state index contributed by atoms with van der Waals surface area (Å²) in [6.45, 7) is 6.72. The maximum Gasteiger partial charge on any atom is 0.254 e. The van der Waals surface area contributed by atoms with Crippen LogP contribution >= 0.6 is 0 Å². The topological polar surface area (TPSA) is 68.0 Å². The van der Waals surface area contributed by atoms with Crippen LogP contribution in [-0.4, -0.2) is 42.4 Å². The average molecular weight is 466 g/mol. The standard InChI is InChI=1S/C26H28FN3O4/c1-3-29(4-2)26-21(24(28-34-26)18-7-10-20(27)11-8-18)15-30(14-17-5-6-17)25(31)19-9-12-22-23(13-19)33-16-32-22/h7-13,17H,3-6,14-16H2,1-2H3. The number of fused-ring (bicyclic) bond motifs is 1. The van der Waals surface area contributed by atoms with Crippen molar-refractivity contribution in [3.05, 3.63) is 59.4 Å². The molecule has 34 heavy (non-hydrogen) atoms. The van der Waals surface area contributed by atoms with Crippen LogP contribution in [0.25, 0.3) is 11.3 Å². The number of nitrogens with zero attached hydrogens (tertiary/aromatic N) is 3. The van der Waals surface area contributed by atoms with Crippen LogP contribution in [0, 0.1) is 11.7 Å². The number of hydrogen-bond donors (Lipinski definition) is 0. The molecule has 1 aliphatic carbocycles. The highest BCUT2D eigenvalue weighted by Crippen LogP contribution is 2.37. The highest BCUT2D eigenvalue weighted by Gasteiger charge is 2.31. The molecule has 0 saturated heterocycles. The number of carbonyl (C=O) groups excluding carboxylic acids is 1. The van der Waals surface area contributed by atoms with Crippen molar-refractivity contribution in [2.45, 2.75) is 33.2 Å². The second-order valence-electron chi connectivity index (χ2n) is 8.69. The Balaban J connectivity index is 1.51. The molecule has 0 bridgehead atoms. The molecule has 1 aromatic heterocycles. The summed E-state index contributed by atoms with van der Waals surface area (Å²) >= 11 is 0. The van der Waals surface area contributed by atoms with Crippen LogP contribution in [0.4, 0.5) is 10.3 Å². The molecule has 1 amide bonds. The molecule has 2 aromatic carbocycles. The molecule has 3 aromatic rings. The highest BCUT2D eigenvalue weighted by molar-refractivity contribution is 5.95. The zero-order valence-electron chi connectivity index (χ0n) is 19.4. The number of ether oxygens (including phenoxy) is 2. The van der Waals surface area contributed by atoms with E-state index in [1.54, 1.807) is 30.3 Å². The molecule has 7 nitrogen and oxygen atoms in total. The Morgan fingerprint density at radius 2 is 1.79 bits per heavy atom. The first-order chi connectivity index (χ1) is 16.6. The first-order valence-corrected chi connectivity index (χ1v) is 11.8. The van der Waals surface area contributed by atoms with E-state index in [4.69, 9.17) is 14.0 Å². The number of anilines is 1. The number of hydrogen-bond acceptors (Lipinski definition) is 6. The van der Waals surface area contributed by atoms with Crippen LogP contribution in [0.3, 0.4) is 0 Å². The van der Waals surface area contributed by atoms with Crippen molar-refractivity contribution in [1.29, 1.82) is 0 Å². The van der Waals surface area contributed by atoms with Gasteiger partial charge in [-0.2, -0.15) is 0 Å².